The van der Waals surface area contributed by atoms with Gasteiger partial charge in [-0.25, -0.2) is 0 Å². The molecule has 3 heteroatoms. The molecular weight excluding hydrogens is 296 g/mol. The molecule has 0 fully saturated rings. The summed E-state index contributed by atoms with van der Waals surface area (Å²) >= 11 is 0. The van der Waals surface area contributed by atoms with E-state index in [1.807, 2.05) is 13.0 Å². The SMILES string of the molecule is CCCCCCc1ccc(N)c(CCCCCC)c1NC(=O)CC. The van der Waals surface area contributed by atoms with Crippen LogP contribution in [-0.2, 0) is 17.6 Å². The van der Waals surface area contributed by atoms with Crippen LogP contribution in [0.25, 0.3) is 0 Å². The fraction of sp³-hybridized carbons (Fsp3) is 0.667. The third-order valence-corrected chi connectivity index (χ3v) is 4.60. The van der Waals surface area contributed by atoms with Crippen LogP contribution in [0.15, 0.2) is 12.1 Å². The molecule has 3 nitrogen and oxygen atoms in total. The zero-order chi connectivity index (χ0) is 17.8. The first-order chi connectivity index (χ1) is 11.6. The molecule has 136 valence electrons. The number of benzene rings is 1. The molecule has 0 radical (unpaired) electrons. The fourth-order valence-electron chi connectivity index (χ4n) is 3.04. The topological polar surface area (TPSA) is 55.1 Å². The Morgan fingerprint density at radius 1 is 0.917 bits per heavy atom. The molecule has 0 aromatic heterocycles. The molecule has 1 rings (SSSR count). The van der Waals surface area contributed by atoms with Crippen molar-refractivity contribution in [1.29, 1.82) is 0 Å². The van der Waals surface area contributed by atoms with E-state index in [0.29, 0.717) is 6.42 Å². The van der Waals surface area contributed by atoms with E-state index in [1.165, 1.54) is 50.5 Å². The molecule has 1 aromatic rings. The Morgan fingerprint density at radius 2 is 1.54 bits per heavy atom. The summed E-state index contributed by atoms with van der Waals surface area (Å²) in [6.07, 6.45) is 12.2. The van der Waals surface area contributed by atoms with Crippen molar-refractivity contribution >= 4 is 17.3 Å². The predicted octanol–water partition coefficient (Wildman–Crippen LogP) is 5.86. The Hall–Kier alpha value is -1.51. The third kappa shape index (κ3) is 6.94. The first-order valence-corrected chi connectivity index (χ1v) is 9.84. The maximum absolute atomic E-state index is 12.0. The Morgan fingerprint density at radius 3 is 2.12 bits per heavy atom. The highest BCUT2D eigenvalue weighted by molar-refractivity contribution is 5.93. The van der Waals surface area contributed by atoms with Crippen LogP contribution < -0.4 is 11.1 Å². The summed E-state index contributed by atoms with van der Waals surface area (Å²) in [6.45, 7) is 6.34. The van der Waals surface area contributed by atoms with E-state index < -0.39 is 0 Å². The van der Waals surface area contributed by atoms with E-state index in [1.54, 1.807) is 0 Å². The van der Waals surface area contributed by atoms with E-state index in [9.17, 15) is 4.79 Å². The third-order valence-electron chi connectivity index (χ3n) is 4.60. The van der Waals surface area contributed by atoms with Gasteiger partial charge in [0, 0.05) is 17.8 Å². The maximum Gasteiger partial charge on any atom is 0.224 e. The van der Waals surface area contributed by atoms with Crippen molar-refractivity contribution in [2.45, 2.75) is 91.4 Å². The van der Waals surface area contributed by atoms with Gasteiger partial charge in [-0.15, -0.1) is 0 Å². The largest absolute Gasteiger partial charge is 0.398 e. The zero-order valence-electron chi connectivity index (χ0n) is 15.9. The van der Waals surface area contributed by atoms with Gasteiger partial charge in [-0.1, -0.05) is 65.4 Å². The Bertz CT molecular complexity index is 497. The molecule has 0 aliphatic heterocycles. The number of nitrogen functional groups attached to an aromatic ring is 1. The van der Waals surface area contributed by atoms with Crippen LogP contribution in [0.3, 0.4) is 0 Å². The standard InChI is InChI=1S/C21H36N2O/c1-4-7-9-11-13-17-15-16-19(22)18(14-12-10-8-5-2)21(17)23-20(24)6-3/h15-16H,4-14,22H2,1-3H3,(H,23,24). The van der Waals surface area contributed by atoms with Gasteiger partial charge in [0.1, 0.15) is 0 Å². The average Bonchev–Trinajstić information content (AvgIpc) is 2.59. The van der Waals surface area contributed by atoms with E-state index in [-0.39, 0.29) is 5.91 Å². The molecule has 0 aliphatic rings. The number of nitrogens with one attached hydrogen (secondary N) is 1. The minimum atomic E-state index is 0.0743. The van der Waals surface area contributed by atoms with Crippen LogP contribution >= 0.6 is 0 Å². The summed E-state index contributed by atoms with van der Waals surface area (Å²) in [6, 6.07) is 4.12. The van der Waals surface area contributed by atoms with Crippen LogP contribution in [0.1, 0.15) is 89.7 Å². The number of carbonyl (C=O) groups is 1. The van der Waals surface area contributed by atoms with Crippen molar-refractivity contribution in [2.24, 2.45) is 0 Å². The monoisotopic (exact) mass is 332 g/mol. The van der Waals surface area contributed by atoms with Crippen molar-refractivity contribution in [3.8, 4) is 0 Å². The van der Waals surface area contributed by atoms with Crippen LogP contribution in [0.2, 0.25) is 0 Å². The predicted molar refractivity (Wildman–Crippen MR) is 105 cm³/mol. The van der Waals surface area contributed by atoms with Gasteiger partial charge in [-0.3, -0.25) is 4.79 Å². The van der Waals surface area contributed by atoms with Gasteiger partial charge in [-0.05, 0) is 42.9 Å². The second kappa shape index (κ2) is 11.9. The van der Waals surface area contributed by atoms with Crippen molar-refractivity contribution in [3.05, 3.63) is 23.3 Å². The Labute approximate surface area is 148 Å². The molecule has 0 heterocycles. The molecule has 3 N–H and O–H groups in total. The molecule has 1 aromatic carbocycles. The number of hydrogen-bond acceptors (Lipinski definition) is 2. The Balaban J connectivity index is 2.92. The lowest BCUT2D eigenvalue weighted by molar-refractivity contribution is -0.115. The van der Waals surface area contributed by atoms with Gasteiger partial charge in [0.15, 0.2) is 0 Å². The number of hydrogen-bond donors (Lipinski definition) is 2. The lowest BCUT2D eigenvalue weighted by atomic mass is 9.96. The number of amides is 1. The van der Waals surface area contributed by atoms with Crippen molar-refractivity contribution in [2.75, 3.05) is 11.1 Å². The second-order valence-corrected chi connectivity index (χ2v) is 6.69. The molecule has 0 bridgehead atoms. The summed E-state index contributed by atoms with van der Waals surface area (Å²) in [5.41, 5.74) is 10.4. The van der Waals surface area contributed by atoms with E-state index in [2.05, 4.69) is 25.2 Å². The zero-order valence-corrected chi connectivity index (χ0v) is 15.9. The van der Waals surface area contributed by atoms with Crippen LogP contribution in [0.4, 0.5) is 11.4 Å². The van der Waals surface area contributed by atoms with E-state index in [4.69, 9.17) is 5.73 Å². The van der Waals surface area contributed by atoms with Crippen LogP contribution in [-0.4, -0.2) is 5.91 Å². The summed E-state index contributed by atoms with van der Waals surface area (Å²) in [5, 5.41) is 3.13. The van der Waals surface area contributed by atoms with E-state index in [0.717, 1.165) is 36.2 Å². The minimum absolute atomic E-state index is 0.0743. The van der Waals surface area contributed by atoms with Gasteiger partial charge in [0.2, 0.25) is 5.91 Å². The van der Waals surface area contributed by atoms with Crippen LogP contribution in [0.5, 0.6) is 0 Å². The number of unbranched alkanes of at least 4 members (excludes halogenated alkanes) is 6. The summed E-state index contributed by atoms with van der Waals surface area (Å²) in [7, 11) is 0. The lowest BCUT2D eigenvalue weighted by Gasteiger charge is -2.18. The number of carbonyl (C=O) groups excluding carboxylic acids is 1. The van der Waals surface area contributed by atoms with Crippen molar-refractivity contribution in [3.63, 3.8) is 0 Å². The Kier molecular flexibility index (Phi) is 10.2. The molecule has 24 heavy (non-hydrogen) atoms. The molecule has 0 saturated heterocycles. The minimum Gasteiger partial charge on any atom is -0.398 e. The van der Waals surface area contributed by atoms with Gasteiger partial charge < -0.3 is 11.1 Å². The maximum atomic E-state index is 12.0. The lowest BCUT2D eigenvalue weighted by Crippen LogP contribution is -2.14. The first-order valence-electron chi connectivity index (χ1n) is 9.84. The molecule has 0 saturated carbocycles. The van der Waals surface area contributed by atoms with Gasteiger partial charge >= 0.3 is 0 Å². The smallest absolute Gasteiger partial charge is 0.224 e. The number of aryl methyl sites for hydroxylation is 1. The first kappa shape index (κ1) is 20.5. The second-order valence-electron chi connectivity index (χ2n) is 6.69. The molecule has 0 atom stereocenters. The van der Waals surface area contributed by atoms with Gasteiger partial charge in [-0.2, -0.15) is 0 Å². The van der Waals surface area contributed by atoms with Gasteiger partial charge in [0.05, 0.1) is 0 Å². The molecule has 0 aliphatic carbocycles. The fourth-order valence-corrected chi connectivity index (χ4v) is 3.04. The van der Waals surface area contributed by atoms with Crippen molar-refractivity contribution in [1.82, 2.24) is 0 Å². The number of rotatable bonds is 12. The van der Waals surface area contributed by atoms with E-state index >= 15 is 0 Å². The molecular formula is C21H36N2O. The summed E-state index contributed by atoms with van der Waals surface area (Å²) < 4.78 is 0. The molecule has 0 unspecified atom stereocenters. The molecule has 0 spiro atoms. The van der Waals surface area contributed by atoms with Gasteiger partial charge in [0.25, 0.3) is 0 Å². The highest BCUT2D eigenvalue weighted by atomic mass is 16.1. The molecule has 1 amide bonds. The highest BCUT2D eigenvalue weighted by Gasteiger charge is 2.14. The normalized spacial score (nSPS) is 10.8. The summed E-state index contributed by atoms with van der Waals surface area (Å²) in [5.74, 6) is 0.0743. The van der Waals surface area contributed by atoms with Crippen molar-refractivity contribution < 1.29 is 4.79 Å². The highest BCUT2D eigenvalue weighted by Crippen LogP contribution is 2.30. The summed E-state index contributed by atoms with van der Waals surface area (Å²) in [4.78, 5) is 12.0. The average molecular weight is 333 g/mol. The quantitative estimate of drug-likeness (QED) is 0.372. The number of anilines is 2. The number of nitrogens with two attached hydrogens (primary N) is 1. The van der Waals surface area contributed by atoms with Crippen LogP contribution in [0, 0.1) is 0 Å².